The van der Waals surface area contributed by atoms with Gasteiger partial charge in [0.25, 0.3) is 0 Å². The van der Waals surface area contributed by atoms with Crippen molar-refractivity contribution in [3.8, 4) is 5.75 Å². The predicted octanol–water partition coefficient (Wildman–Crippen LogP) is 2.32. The first-order valence-corrected chi connectivity index (χ1v) is 5.29. The fraction of sp³-hybridized carbons (Fsp3) is 0.417. The molecule has 100 valence electrons. The molecule has 1 aromatic carbocycles. The van der Waals surface area contributed by atoms with Crippen LogP contribution in [0.4, 0.5) is 8.78 Å². The van der Waals surface area contributed by atoms with E-state index in [9.17, 15) is 13.6 Å². The highest BCUT2D eigenvalue weighted by Gasteiger charge is 2.42. The Morgan fingerprint density at radius 2 is 2.11 bits per heavy atom. The maximum absolute atomic E-state index is 13.7. The molecule has 0 saturated carbocycles. The van der Waals surface area contributed by atoms with Gasteiger partial charge in [0.05, 0.1) is 6.61 Å². The number of methoxy groups -OCH3 is 1. The molecule has 0 N–H and O–H groups in total. The van der Waals surface area contributed by atoms with E-state index in [0.717, 1.165) is 12.1 Å². The highest BCUT2D eigenvalue weighted by molar-refractivity contribution is 5.79. The lowest BCUT2D eigenvalue weighted by atomic mass is 10.1. The lowest BCUT2D eigenvalue weighted by Gasteiger charge is -2.15. The number of hydrogen-bond acceptors (Lipinski definition) is 4. The number of alkyl halides is 2. The Balaban J connectivity index is 2.90. The van der Waals surface area contributed by atoms with Crippen molar-refractivity contribution in [2.75, 3.05) is 20.5 Å². The zero-order chi connectivity index (χ0) is 13.6. The third-order valence-electron chi connectivity index (χ3n) is 2.07. The van der Waals surface area contributed by atoms with E-state index in [1.807, 2.05) is 0 Å². The van der Waals surface area contributed by atoms with E-state index in [-0.39, 0.29) is 19.1 Å². The van der Waals surface area contributed by atoms with Crippen LogP contribution in [0.25, 0.3) is 0 Å². The minimum atomic E-state index is -3.69. The van der Waals surface area contributed by atoms with Crippen LogP contribution in [0.15, 0.2) is 24.3 Å². The number of rotatable bonds is 6. The molecule has 0 radical (unpaired) electrons. The average Bonchev–Trinajstić information content (AvgIpc) is 2.37. The van der Waals surface area contributed by atoms with E-state index < -0.39 is 17.5 Å². The summed E-state index contributed by atoms with van der Waals surface area (Å²) in [7, 11) is 1.41. The zero-order valence-corrected chi connectivity index (χ0v) is 10.1. The summed E-state index contributed by atoms with van der Waals surface area (Å²) in [6.45, 7) is 1.30. The molecule has 6 heteroatoms. The van der Waals surface area contributed by atoms with Gasteiger partial charge in [-0.25, -0.2) is 4.79 Å². The first-order chi connectivity index (χ1) is 8.52. The fourth-order valence-electron chi connectivity index (χ4n) is 1.25. The molecule has 0 fully saturated rings. The molecule has 0 heterocycles. The van der Waals surface area contributed by atoms with Gasteiger partial charge in [-0.15, -0.1) is 0 Å². The third kappa shape index (κ3) is 3.40. The van der Waals surface area contributed by atoms with Gasteiger partial charge >= 0.3 is 11.9 Å². The SMILES string of the molecule is CCOC(=O)C(F)(F)c1cccc(OCOC)c1. The van der Waals surface area contributed by atoms with E-state index in [0.29, 0.717) is 0 Å². The van der Waals surface area contributed by atoms with Gasteiger partial charge in [-0.3, -0.25) is 0 Å². The smallest absolute Gasteiger partial charge is 0.381 e. The number of carbonyl (C=O) groups excluding carboxylic acids is 1. The number of ether oxygens (including phenoxy) is 3. The summed E-state index contributed by atoms with van der Waals surface area (Å²) in [5.41, 5.74) is -0.477. The molecule has 4 nitrogen and oxygen atoms in total. The maximum Gasteiger partial charge on any atom is 0.381 e. The van der Waals surface area contributed by atoms with Gasteiger partial charge in [-0.05, 0) is 19.1 Å². The van der Waals surface area contributed by atoms with E-state index in [2.05, 4.69) is 9.47 Å². The Bertz CT molecular complexity index is 407. The van der Waals surface area contributed by atoms with Crippen molar-refractivity contribution in [2.45, 2.75) is 12.8 Å². The molecule has 0 spiro atoms. The lowest BCUT2D eigenvalue weighted by molar-refractivity contribution is -0.173. The Kier molecular flexibility index (Phi) is 5.03. The first kappa shape index (κ1) is 14.4. The molecule has 0 aliphatic heterocycles. The fourth-order valence-corrected chi connectivity index (χ4v) is 1.25. The van der Waals surface area contributed by atoms with Crippen molar-refractivity contribution in [3.63, 3.8) is 0 Å². The maximum atomic E-state index is 13.7. The van der Waals surface area contributed by atoms with Crippen LogP contribution in [0.2, 0.25) is 0 Å². The van der Waals surface area contributed by atoms with Crippen molar-refractivity contribution in [3.05, 3.63) is 29.8 Å². The van der Waals surface area contributed by atoms with Crippen molar-refractivity contribution in [2.24, 2.45) is 0 Å². The summed E-state index contributed by atoms with van der Waals surface area (Å²) >= 11 is 0. The third-order valence-corrected chi connectivity index (χ3v) is 2.07. The van der Waals surface area contributed by atoms with Crippen LogP contribution in [0.1, 0.15) is 12.5 Å². The standard InChI is InChI=1S/C12H14F2O4/c1-3-17-11(15)12(13,14)9-5-4-6-10(7-9)18-8-16-2/h4-7H,3,8H2,1-2H3. The van der Waals surface area contributed by atoms with Crippen molar-refractivity contribution in [1.29, 1.82) is 0 Å². The van der Waals surface area contributed by atoms with Crippen LogP contribution in [0.3, 0.4) is 0 Å². The Hall–Kier alpha value is -1.69. The van der Waals surface area contributed by atoms with E-state index in [1.165, 1.54) is 26.2 Å². The summed E-state index contributed by atoms with van der Waals surface area (Å²) in [6, 6.07) is 5.07. The number of esters is 1. The molecule has 0 bridgehead atoms. The van der Waals surface area contributed by atoms with E-state index >= 15 is 0 Å². The normalized spacial score (nSPS) is 11.1. The van der Waals surface area contributed by atoms with Crippen LogP contribution in [-0.4, -0.2) is 26.5 Å². The highest BCUT2D eigenvalue weighted by atomic mass is 19.3. The number of benzene rings is 1. The summed E-state index contributed by atoms with van der Waals surface area (Å²) in [6.07, 6.45) is 0. The predicted molar refractivity (Wildman–Crippen MR) is 59.5 cm³/mol. The molecule has 0 saturated heterocycles. The van der Waals surface area contributed by atoms with Crippen LogP contribution in [0.5, 0.6) is 5.75 Å². The number of carbonyl (C=O) groups is 1. The molecule has 0 aliphatic carbocycles. The Morgan fingerprint density at radius 1 is 1.39 bits per heavy atom. The second-order valence-corrected chi connectivity index (χ2v) is 3.37. The van der Waals surface area contributed by atoms with Gasteiger partial charge in [0, 0.05) is 12.7 Å². The quantitative estimate of drug-likeness (QED) is 0.581. The summed E-state index contributed by atoms with van der Waals surface area (Å²) in [4.78, 5) is 11.2. The second kappa shape index (κ2) is 6.30. The molecule has 1 rings (SSSR count). The minimum Gasteiger partial charge on any atom is -0.468 e. The monoisotopic (exact) mass is 260 g/mol. The van der Waals surface area contributed by atoms with Gasteiger partial charge in [0.2, 0.25) is 0 Å². The highest BCUT2D eigenvalue weighted by Crippen LogP contribution is 2.31. The summed E-state index contributed by atoms with van der Waals surface area (Å²) in [5, 5.41) is 0. The van der Waals surface area contributed by atoms with Crippen LogP contribution < -0.4 is 4.74 Å². The van der Waals surface area contributed by atoms with Crippen molar-refractivity contribution < 1.29 is 27.8 Å². The molecular weight excluding hydrogens is 246 g/mol. The van der Waals surface area contributed by atoms with Crippen molar-refractivity contribution >= 4 is 5.97 Å². The molecule has 1 aromatic rings. The molecule has 0 atom stereocenters. The summed E-state index contributed by atoms with van der Waals surface area (Å²) in [5.74, 6) is -5.07. The van der Waals surface area contributed by atoms with Gasteiger partial charge in [0.1, 0.15) is 5.75 Å². The van der Waals surface area contributed by atoms with Crippen LogP contribution in [0, 0.1) is 0 Å². The zero-order valence-electron chi connectivity index (χ0n) is 10.1. The topological polar surface area (TPSA) is 44.8 Å². The molecule has 18 heavy (non-hydrogen) atoms. The lowest BCUT2D eigenvalue weighted by Crippen LogP contribution is -2.28. The molecule has 0 amide bonds. The van der Waals surface area contributed by atoms with Gasteiger partial charge in [-0.1, -0.05) is 12.1 Å². The number of hydrogen-bond donors (Lipinski definition) is 0. The minimum absolute atomic E-state index is 0.0611. The average molecular weight is 260 g/mol. The van der Waals surface area contributed by atoms with Crippen molar-refractivity contribution in [1.82, 2.24) is 0 Å². The first-order valence-electron chi connectivity index (χ1n) is 5.29. The van der Waals surface area contributed by atoms with Gasteiger partial charge < -0.3 is 14.2 Å². The second-order valence-electron chi connectivity index (χ2n) is 3.37. The molecular formula is C12H14F2O4. The Morgan fingerprint density at radius 3 is 2.72 bits per heavy atom. The van der Waals surface area contributed by atoms with Gasteiger partial charge in [-0.2, -0.15) is 8.78 Å². The molecule has 0 aromatic heterocycles. The summed E-state index contributed by atoms with van der Waals surface area (Å²) < 4.78 is 41.4. The Labute approximate surface area is 103 Å². The van der Waals surface area contributed by atoms with Gasteiger partial charge in [0.15, 0.2) is 6.79 Å². The largest absolute Gasteiger partial charge is 0.468 e. The van der Waals surface area contributed by atoms with E-state index in [1.54, 1.807) is 0 Å². The van der Waals surface area contributed by atoms with E-state index in [4.69, 9.17) is 4.74 Å². The van der Waals surface area contributed by atoms with Crippen LogP contribution in [-0.2, 0) is 20.2 Å². The molecule has 0 unspecified atom stereocenters. The molecule has 0 aliphatic rings. The van der Waals surface area contributed by atoms with Crippen LogP contribution >= 0.6 is 0 Å². The number of halogens is 2.